The molecule has 1 heteroatoms. The molecule has 1 aromatic rings. The summed E-state index contributed by atoms with van der Waals surface area (Å²) in [5.74, 6) is 1.04. The second kappa shape index (κ2) is 8.41. The Morgan fingerprint density at radius 1 is 0.833 bits per heavy atom. The first-order valence-corrected chi connectivity index (χ1v) is 9.86. The van der Waals surface area contributed by atoms with E-state index in [0.717, 1.165) is 11.1 Å². The van der Waals surface area contributed by atoms with E-state index in [1.807, 2.05) is 0 Å². The molecule has 138 valence electrons. The van der Waals surface area contributed by atoms with E-state index in [4.69, 9.17) is 0 Å². The Labute approximate surface area is 150 Å². The van der Waals surface area contributed by atoms with E-state index in [2.05, 4.69) is 67.5 Å². The van der Waals surface area contributed by atoms with Crippen LogP contribution in [0, 0.1) is 0 Å². The highest BCUT2D eigenvalue weighted by Gasteiger charge is 2.27. The van der Waals surface area contributed by atoms with E-state index in [9.17, 15) is 5.11 Å². The van der Waals surface area contributed by atoms with Gasteiger partial charge in [0.05, 0.1) is 0 Å². The van der Waals surface area contributed by atoms with Crippen molar-refractivity contribution in [3.05, 3.63) is 28.8 Å². The van der Waals surface area contributed by atoms with Gasteiger partial charge in [-0.05, 0) is 39.9 Å². The normalized spacial score (nSPS) is 14.0. The summed E-state index contributed by atoms with van der Waals surface area (Å²) in [5, 5.41) is 10.8. The van der Waals surface area contributed by atoms with Gasteiger partial charge in [0, 0.05) is 0 Å². The van der Waals surface area contributed by atoms with Crippen molar-refractivity contribution >= 4 is 0 Å². The molecule has 0 fully saturated rings. The first kappa shape index (κ1) is 21.1. The topological polar surface area (TPSA) is 20.2 Å². The Morgan fingerprint density at radius 2 is 1.29 bits per heavy atom. The average Bonchev–Trinajstić information content (AvgIpc) is 2.44. The number of rotatable bonds is 7. The number of hydrogen-bond donors (Lipinski definition) is 1. The van der Waals surface area contributed by atoms with Gasteiger partial charge in [-0.3, -0.25) is 0 Å². The summed E-state index contributed by atoms with van der Waals surface area (Å²) < 4.78 is 0. The van der Waals surface area contributed by atoms with Crippen LogP contribution in [0.5, 0.6) is 5.75 Å². The van der Waals surface area contributed by atoms with Crippen LogP contribution < -0.4 is 0 Å². The fourth-order valence-corrected chi connectivity index (χ4v) is 3.31. The molecule has 0 spiro atoms. The van der Waals surface area contributed by atoms with E-state index in [1.165, 1.54) is 44.1 Å². The summed E-state index contributed by atoms with van der Waals surface area (Å²) in [4.78, 5) is 0. The minimum atomic E-state index is -0.0407. The van der Waals surface area contributed by atoms with Gasteiger partial charge >= 0.3 is 0 Å². The number of phenols is 1. The SMILES string of the molecule is CCCCCCCC(C)c1cc(C(C)(C)C)c(O)c(C(C)(C)C)c1. The molecular weight excluding hydrogens is 292 g/mol. The summed E-state index contributed by atoms with van der Waals surface area (Å²) in [6.45, 7) is 17.7. The molecule has 0 amide bonds. The molecule has 0 aliphatic heterocycles. The zero-order valence-electron chi connectivity index (χ0n) is 17.4. The van der Waals surface area contributed by atoms with Gasteiger partial charge in [0.15, 0.2) is 0 Å². The van der Waals surface area contributed by atoms with Crippen molar-refractivity contribution in [2.75, 3.05) is 0 Å². The van der Waals surface area contributed by atoms with Crippen LogP contribution >= 0.6 is 0 Å². The number of benzene rings is 1. The van der Waals surface area contributed by atoms with Crippen molar-refractivity contribution < 1.29 is 5.11 Å². The van der Waals surface area contributed by atoms with Crippen molar-refractivity contribution in [3.63, 3.8) is 0 Å². The first-order valence-electron chi connectivity index (χ1n) is 9.86. The molecule has 1 rings (SSSR count). The number of phenolic OH excluding ortho intramolecular Hbond substituents is 1. The minimum absolute atomic E-state index is 0.0407. The summed E-state index contributed by atoms with van der Waals surface area (Å²) in [6, 6.07) is 4.50. The predicted molar refractivity (Wildman–Crippen MR) is 107 cm³/mol. The van der Waals surface area contributed by atoms with Crippen molar-refractivity contribution in [3.8, 4) is 5.75 Å². The van der Waals surface area contributed by atoms with Gasteiger partial charge in [-0.25, -0.2) is 0 Å². The number of hydrogen-bond acceptors (Lipinski definition) is 1. The lowest BCUT2D eigenvalue weighted by molar-refractivity contribution is 0.422. The lowest BCUT2D eigenvalue weighted by atomic mass is 9.77. The molecule has 0 radical (unpaired) electrons. The summed E-state index contributed by atoms with van der Waals surface area (Å²) in [7, 11) is 0. The van der Waals surface area contributed by atoms with E-state index >= 15 is 0 Å². The predicted octanol–water partition coefficient (Wildman–Crippen LogP) is 7.45. The number of unbranched alkanes of at least 4 members (excludes halogenated alkanes) is 4. The maximum Gasteiger partial charge on any atom is 0.123 e. The maximum atomic E-state index is 10.8. The van der Waals surface area contributed by atoms with Gasteiger partial charge in [0.25, 0.3) is 0 Å². The van der Waals surface area contributed by atoms with Crippen LogP contribution in [0.2, 0.25) is 0 Å². The first-order chi connectivity index (χ1) is 11.0. The van der Waals surface area contributed by atoms with Gasteiger partial charge in [0.2, 0.25) is 0 Å². The van der Waals surface area contributed by atoms with Gasteiger partial charge in [-0.1, -0.05) is 99.6 Å². The summed E-state index contributed by atoms with van der Waals surface area (Å²) in [5.41, 5.74) is 3.48. The summed E-state index contributed by atoms with van der Waals surface area (Å²) >= 11 is 0. The fraction of sp³-hybridized carbons (Fsp3) is 0.739. The second-order valence-electron chi connectivity index (χ2n) is 9.57. The Balaban J connectivity index is 3.06. The maximum absolute atomic E-state index is 10.8. The van der Waals surface area contributed by atoms with E-state index in [0.29, 0.717) is 11.7 Å². The minimum Gasteiger partial charge on any atom is -0.507 e. The lowest BCUT2D eigenvalue weighted by Crippen LogP contribution is -2.18. The highest BCUT2D eigenvalue weighted by Crippen LogP contribution is 2.41. The molecule has 0 saturated heterocycles. The monoisotopic (exact) mass is 332 g/mol. The molecule has 0 heterocycles. The van der Waals surface area contributed by atoms with Crippen LogP contribution in [0.1, 0.15) is 117 Å². The largest absolute Gasteiger partial charge is 0.507 e. The molecule has 0 bridgehead atoms. The van der Waals surface area contributed by atoms with Crippen molar-refractivity contribution in [1.29, 1.82) is 0 Å². The molecule has 1 nitrogen and oxygen atoms in total. The van der Waals surface area contributed by atoms with Crippen LogP contribution in [0.3, 0.4) is 0 Å². The van der Waals surface area contributed by atoms with Crippen LogP contribution in [0.4, 0.5) is 0 Å². The van der Waals surface area contributed by atoms with E-state index < -0.39 is 0 Å². The van der Waals surface area contributed by atoms with Crippen LogP contribution in [0.15, 0.2) is 12.1 Å². The standard InChI is InChI=1S/C23H40O/c1-9-10-11-12-13-14-17(2)18-15-19(22(3,4)5)21(24)20(16-18)23(6,7)8/h15-17,24H,9-14H2,1-8H3. The molecule has 0 aliphatic rings. The molecule has 1 unspecified atom stereocenters. The highest BCUT2D eigenvalue weighted by atomic mass is 16.3. The van der Waals surface area contributed by atoms with Gasteiger partial charge in [0.1, 0.15) is 5.75 Å². The molecule has 1 aromatic carbocycles. The molecule has 24 heavy (non-hydrogen) atoms. The lowest BCUT2D eigenvalue weighted by Gasteiger charge is -2.29. The second-order valence-corrected chi connectivity index (χ2v) is 9.57. The van der Waals surface area contributed by atoms with Crippen molar-refractivity contribution in [2.45, 2.75) is 111 Å². The van der Waals surface area contributed by atoms with Crippen molar-refractivity contribution in [1.82, 2.24) is 0 Å². The Morgan fingerprint density at radius 3 is 1.71 bits per heavy atom. The third-order valence-electron chi connectivity index (χ3n) is 5.06. The molecule has 0 aromatic heterocycles. The quantitative estimate of drug-likeness (QED) is 0.514. The molecule has 0 aliphatic carbocycles. The molecule has 1 atom stereocenters. The zero-order valence-corrected chi connectivity index (χ0v) is 17.4. The fourth-order valence-electron chi connectivity index (χ4n) is 3.31. The number of aromatic hydroxyl groups is 1. The van der Waals surface area contributed by atoms with Gasteiger partial charge < -0.3 is 5.11 Å². The van der Waals surface area contributed by atoms with Crippen LogP contribution in [-0.4, -0.2) is 5.11 Å². The smallest absolute Gasteiger partial charge is 0.123 e. The van der Waals surface area contributed by atoms with E-state index in [-0.39, 0.29) is 10.8 Å². The van der Waals surface area contributed by atoms with Crippen molar-refractivity contribution in [2.24, 2.45) is 0 Å². The third kappa shape index (κ3) is 5.83. The van der Waals surface area contributed by atoms with Gasteiger partial charge in [-0.15, -0.1) is 0 Å². The average molecular weight is 333 g/mol. The summed E-state index contributed by atoms with van der Waals surface area (Å²) in [6.07, 6.45) is 7.90. The highest BCUT2D eigenvalue weighted by molar-refractivity contribution is 5.50. The molecular formula is C23H40O. The molecule has 1 N–H and O–H groups in total. The third-order valence-corrected chi connectivity index (χ3v) is 5.06. The van der Waals surface area contributed by atoms with Gasteiger partial charge in [-0.2, -0.15) is 0 Å². The van der Waals surface area contributed by atoms with E-state index in [1.54, 1.807) is 0 Å². The Kier molecular flexibility index (Phi) is 7.38. The zero-order chi connectivity index (χ0) is 18.5. The van der Waals surface area contributed by atoms with Crippen LogP contribution in [-0.2, 0) is 10.8 Å². The Hall–Kier alpha value is -0.980. The molecule has 0 saturated carbocycles. The Bertz CT molecular complexity index is 479. The van der Waals surface area contributed by atoms with Crippen LogP contribution in [0.25, 0.3) is 0 Å².